The monoisotopic (exact) mass is 504 g/mol. The summed E-state index contributed by atoms with van der Waals surface area (Å²) in [5, 5.41) is 51.7. The number of aliphatic hydroxyl groups is 5. The molecule has 0 aromatic heterocycles. The summed E-state index contributed by atoms with van der Waals surface area (Å²) in [4.78, 5) is 12.9. The second kappa shape index (κ2) is 12.1. The molecule has 3 rings (SSSR count). The Labute approximate surface area is 210 Å². The molecule has 0 saturated carbocycles. The minimum absolute atomic E-state index is 0.0425. The smallest absolute Gasteiger partial charge is 0.347 e. The summed E-state index contributed by atoms with van der Waals surface area (Å²) >= 11 is 0. The zero-order valence-corrected chi connectivity index (χ0v) is 20.8. The van der Waals surface area contributed by atoms with Gasteiger partial charge in [0, 0.05) is 6.42 Å². The van der Waals surface area contributed by atoms with Crippen molar-refractivity contribution in [1.29, 1.82) is 0 Å². The summed E-state index contributed by atoms with van der Waals surface area (Å²) in [5.74, 6) is -1.08. The second-order valence-corrected chi connectivity index (χ2v) is 9.51. The second-order valence-electron chi connectivity index (χ2n) is 9.51. The van der Waals surface area contributed by atoms with Gasteiger partial charge in [0.05, 0.1) is 19.8 Å². The Morgan fingerprint density at radius 2 is 1.69 bits per heavy atom. The van der Waals surface area contributed by atoms with E-state index in [9.17, 15) is 30.3 Å². The van der Waals surface area contributed by atoms with Crippen molar-refractivity contribution in [2.75, 3.05) is 13.2 Å². The molecule has 9 nitrogen and oxygen atoms in total. The van der Waals surface area contributed by atoms with Gasteiger partial charge in [-0.2, -0.15) is 0 Å². The molecule has 1 saturated heterocycles. The molecule has 36 heavy (non-hydrogen) atoms. The Morgan fingerprint density at radius 3 is 2.28 bits per heavy atom. The molecule has 2 aromatic rings. The highest BCUT2D eigenvalue weighted by Crippen LogP contribution is 2.35. The van der Waals surface area contributed by atoms with E-state index in [1.54, 1.807) is 32.0 Å². The first kappa shape index (κ1) is 28.0. The largest absolute Gasteiger partial charge is 0.463 e. The van der Waals surface area contributed by atoms with Crippen LogP contribution in [0.3, 0.4) is 0 Å². The zero-order valence-electron chi connectivity index (χ0n) is 20.8. The lowest BCUT2D eigenvalue weighted by atomic mass is 9.86. The van der Waals surface area contributed by atoms with Gasteiger partial charge in [0.2, 0.25) is 6.29 Å². The van der Waals surface area contributed by atoms with Gasteiger partial charge in [-0.15, -0.1) is 0 Å². The van der Waals surface area contributed by atoms with Crippen molar-refractivity contribution in [3.8, 4) is 5.75 Å². The topological polar surface area (TPSA) is 146 Å². The molecular weight excluding hydrogens is 468 g/mol. The van der Waals surface area contributed by atoms with Crippen molar-refractivity contribution in [2.24, 2.45) is 5.92 Å². The van der Waals surface area contributed by atoms with Crippen LogP contribution in [0.2, 0.25) is 0 Å². The lowest BCUT2D eigenvalue weighted by molar-refractivity contribution is -0.315. The maximum Gasteiger partial charge on any atom is 0.347 e. The number of hydrogen-bond acceptors (Lipinski definition) is 9. The molecule has 2 aromatic carbocycles. The van der Waals surface area contributed by atoms with Crippen molar-refractivity contribution in [1.82, 2.24) is 0 Å². The van der Waals surface area contributed by atoms with Gasteiger partial charge < -0.3 is 39.7 Å². The number of rotatable bonds is 10. The Hall–Kier alpha value is -2.53. The average Bonchev–Trinajstić information content (AvgIpc) is 2.88. The Morgan fingerprint density at radius 1 is 1.06 bits per heavy atom. The Kier molecular flexibility index (Phi) is 9.46. The van der Waals surface area contributed by atoms with Crippen molar-refractivity contribution in [3.05, 3.63) is 64.7 Å². The van der Waals surface area contributed by atoms with Gasteiger partial charge in [-0.25, -0.2) is 4.79 Å². The molecule has 198 valence electrons. The van der Waals surface area contributed by atoms with Crippen molar-refractivity contribution >= 4 is 5.97 Å². The average molecular weight is 505 g/mol. The zero-order chi connectivity index (χ0) is 26.5. The summed E-state index contributed by atoms with van der Waals surface area (Å²) in [6, 6.07) is 13.0. The van der Waals surface area contributed by atoms with E-state index in [4.69, 9.17) is 14.2 Å². The molecule has 0 spiro atoms. The highest BCUT2D eigenvalue weighted by Gasteiger charge is 2.62. The van der Waals surface area contributed by atoms with Gasteiger partial charge in [0.1, 0.15) is 24.1 Å². The normalized spacial score (nSPS) is 26.1. The number of benzene rings is 2. The molecule has 9 heteroatoms. The van der Waals surface area contributed by atoms with Crippen LogP contribution in [0.4, 0.5) is 0 Å². The van der Waals surface area contributed by atoms with E-state index in [1.165, 1.54) is 5.56 Å². The van der Waals surface area contributed by atoms with Crippen LogP contribution >= 0.6 is 0 Å². The summed E-state index contributed by atoms with van der Waals surface area (Å²) in [5.41, 5.74) is 0.563. The number of carbonyl (C=O) groups excluding carboxylic acids is 1. The molecule has 0 radical (unpaired) electrons. The van der Waals surface area contributed by atoms with Gasteiger partial charge in [-0.1, -0.05) is 57.2 Å². The van der Waals surface area contributed by atoms with Crippen molar-refractivity contribution in [2.45, 2.75) is 70.4 Å². The maximum atomic E-state index is 12.9. The number of hydrogen-bond donors (Lipinski definition) is 5. The number of aryl methyl sites for hydroxylation is 1. The fourth-order valence-corrected chi connectivity index (χ4v) is 3.97. The van der Waals surface area contributed by atoms with E-state index >= 15 is 0 Å². The van der Waals surface area contributed by atoms with E-state index in [-0.39, 0.29) is 24.9 Å². The fourth-order valence-electron chi connectivity index (χ4n) is 3.97. The van der Waals surface area contributed by atoms with Crippen LogP contribution in [0.25, 0.3) is 0 Å². The number of carbonyl (C=O) groups is 1. The third kappa shape index (κ3) is 6.05. The standard InChI is InChI=1S/C27H36O9/c1-4-17-5-7-18(8-6-17)11-20-10-9-19(13-28)12-21(20)35-26-27(33,25(32)34-15-16(2)3)24(31)23(30)22(14-29)36-26/h5-10,12,16,22-24,26,28-31,33H,4,11,13-15H2,1-3H3/t22-,23-,24+,26+,27+/m1/s1. The third-order valence-corrected chi connectivity index (χ3v) is 6.24. The van der Waals surface area contributed by atoms with Crippen molar-refractivity contribution in [3.63, 3.8) is 0 Å². The molecule has 1 heterocycles. The highest BCUT2D eigenvalue weighted by molar-refractivity contribution is 5.81. The summed E-state index contributed by atoms with van der Waals surface area (Å²) < 4.78 is 16.7. The molecule has 0 amide bonds. The number of ether oxygens (including phenoxy) is 3. The van der Waals surface area contributed by atoms with Crippen LogP contribution in [0, 0.1) is 5.92 Å². The van der Waals surface area contributed by atoms with Gasteiger partial charge in [0.15, 0.2) is 0 Å². The lowest BCUT2D eigenvalue weighted by Crippen LogP contribution is -2.71. The highest BCUT2D eigenvalue weighted by atomic mass is 16.7. The Balaban J connectivity index is 1.97. The van der Waals surface area contributed by atoms with E-state index in [0.29, 0.717) is 17.5 Å². The predicted molar refractivity (Wildman–Crippen MR) is 130 cm³/mol. The van der Waals surface area contributed by atoms with E-state index in [1.807, 2.05) is 24.3 Å². The van der Waals surface area contributed by atoms with Crippen LogP contribution < -0.4 is 4.74 Å². The van der Waals surface area contributed by atoms with Crippen LogP contribution in [-0.4, -0.2) is 74.9 Å². The van der Waals surface area contributed by atoms with Gasteiger partial charge in [-0.05, 0) is 40.7 Å². The van der Waals surface area contributed by atoms with Gasteiger partial charge >= 0.3 is 5.97 Å². The number of aliphatic hydroxyl groups excluding tert-OH is 4. The quantitative estimate of drug-likeness (QED) is 0.300. The number of esters is 1. The van der Waals surface area contributed by atoms with Crippen LogP contribution in [0.5, 0.6) is 5.75 Å². The fraction of sp³-hybridized carbons (Fsp3) is 0.519. The molecule has 1 aliphatic heterocycles. The molecule has 5 N–H and O–H groups in total. The summed E-state index contributed by atoms with van der Waals surface area (Å²) in [6.07, 6.45) is -5.63. The van der Waals surface area contributed by atoms with Crippen LogP contribution in [0.1, 0.15) is 43.0 Å². The first-order valence-corrected chi connectivity index (χ1v) is 12.1. The summed E-state index contributed by atoms with van der Waals surface area (Å²) in [7, 11) is 0. The molecule has 0 bridgehead atoms. The molecule has 0 unspecified atom stereocenters. The molecule has 1 fully saturated rings. The predicted octanol–water partition coefficient (Wildman–Crippen LogP) is 1.08. The third-order valence-electron chi connectivity index (χ3n) is 6.24. The van der Waals surface area contributed by atoms with E-state index in [2.05, 4.69) is 6.92 Å². The van der Waals surface area contributed by atoms with Crippen LogP contribution in [-0.2, 0) is 33.7 Å². The Bertz CT molecular complexity index is 1010. The van der Waals surface area contributed by atoms with Gasteiger partial charge in [0.25, 0.3) is 5.60 Å². The minimum atomic E-state index is -2.78. The van der Waals surface area contributed by atoms with E-state index in [0.717, 1.165) is 12.0 Å². The summed E-state index contributed by atoms with van der Waals surface area (Å²) in [6.45, 7) is 4.65. The van der Waals surface area contributed by atoms with Crippen molar-refractivity contribution < 1.29 is 44.5 Å². The minimum Gasteiger partial charge on any atom is -0.463 e. The maximum absolute atomic E-state index is 12.9. The molecular formula is C27H36O9. The first-order valence-electron chi connectivity index (χ1n) is 12.1. The van der Waals surface area contributed by atoms with Gasteiger partial charge in [-0.3, -0.25) is 0 Å². The van der Waals surface area contributed by atoms with E-state index < -0.39 is 42.8 Å². The SMILES string of the molecule is CCc1ccc(Cc2ccc(CO)cc2O[C@H]2O[C@H](CO)[C@@H](O)[C@H](O)[C@]2(O)C(=O)OCC(C)C)cc1. The lowest BCUT2D eigenvalue weighted by Gasteiger charge is -2.45. The molecule has 0 aliphatic carbocycles. The molecule has 5 atom stereocenters. The molecule has 1 aliphatic rings. The van der Waals surface area contributed by atoms with Crippen LogP contribution in [0.15, 0.2) is 42.5 Å². The first-order chi connectivity index (χ1) is 17.1.